The number of nitrogens with one attached hydrogen (secondary N) is 1. The molecule has 0 aliphatic heterocycles. The summed E-state index contributed by atoms with van der Waals surface area (Å²) in [5.74, 6) is -0.0981. The second kappa shape index (κ2) is 16.3. The van der Waals surface area contributed by atoms with Gasteiger partial charge >= 0.3 is 18.2 Å². The molecule has 0 bridgehead atoms. The van der Waals surface area contributed by atoms with E-state index in [4.69, 9.17) is 37.4 Å². The minimum Gasteiger partial charge on any atom is -0.493 e. The van der Waals surface area contributed by atoms with Crippen LogP contribution in [0.4, 0.5) is 23.7 Å². The van der Waals surface area contributed by atoms with Gasteiger partial charge in [-0.15, -0.1) is 0 Å². The van der Waals surface area contributed by atoms with Crippen LogP contribution < -0.4 is 14.8 Å². The fourth-order valence-electron chi connectivity index (χ4n) is 3.98. The van der Waals surface area contributed by atoms with Crippen LogP contribution in [0.15, 0.2) is 66.7 Å². The number of amides is 2. The third kappa shape index (κ3) is 11.5. The second-order valence-corrected chi connectivity index (χ2v) is 10.2. The molecule has 0 heterocycles. The number of ether oxygens (including phenoxy) is 3. The maximum Gasteiger partial charge on any atom is 0.416 e. The molecule has 1 atom stereocenters. The van der Waals surface area contributed by atoms with Gasteiger partial charge in [-0.3, -0.25) is 0 Å². The van der Waals surface area contributed by atoms with Crippen LogP contribution in [0.1, 0.15) is 24.5 Å². The van der Waals surface area contributed by atoms with Crippen LogP contribution in [0, 0.1) is 0 Å². The molecule has 0 aliphatic rings. The number of carbonyl (C=O) groups excluding carboxylic acids is 1. The van der Waals surface area contributed by atoms with Gasteiger partial charge in [-0.05, 0) is 67.4 Å². The Morgan fingerprint density at radius 2 is 1.60 bits per heavy atom. The molecule has 0 aromatic heterocycles. The average molecular weight is 643 g/mol. The van der Waals surface area contributed by atoms with E-state index in [9.17, 15) is 27.9 Å². The Kier molecular flexibility index (Phi) is 12.8. The van der Waals surface area contributed by atoms with Crippen molar-refractivity contribution < 1.29 is 42.1 Å². The van der Waals surface area contributed by atoms with Gasteiger partial charge in [0.25, 0.3) is 0 Å². The van der Waals surface area contributed by atoms with Gasteiger partial charge in [0.2, 0.25) is 0 Å². The molecule has 232 valence electrons. The number of benzene rings is 3. The predicted molar refractivity (Wildman–Crippen MR) is 157 cm³/mol. The molecule has 43 heavy (non-hydrogen) atoms. The van der Waals surface area contributed by atoms with E-state index >= 15 is 0 Å². The zero-order valence-corrected chi connectivity index (χ0v) is 24.7. The van der Waals surface area contributed by atoms with E-state index in [1.54, 1.807) is 49.4 Å². The van der Waals surface area contributed by atoms with Crippen LogP contribution in [0.5, 0.6) is 11.5 Å². The Morgan fingerprint density at radius 1 is 0.930 bits per heavy atom. The standard InChI is InChI=1S/C30H31Cl2F3N2O6/c1-2-41-27(28(38)39)15-20-7-9-25(10-8-20)43-14-12-37(11-4-13-42-26-18-22(31)17-23(32)19-26)29(40)36-24-6-3-5-21(16-24)30(33,34)35/h3,5-10,16-19,27H,2,4,11-15H2,1H3,(H,36,40)(H,38,39). The molecule has 2 amide bonds. The van der Waals surface area contributed by atoms with Crippen molar-refractivity contribution in [1.29, 1.82) is 0 Å². The number of alkyl halides is 3. The maximum atomic E-state index is 13.1. The largest absolute Gasteiger partial charge is 0.493 e. The van der Waals surface area contributed by atoms with Crippen molar-refractivity contribution in [2.45, 2.75) is 32.0 Å². The highest BCUT2D eigenvalue weighted by Crippen LogP contribution is 2.31. The van der Waals surface area contributed by atoms with E-state index in [-0.39, 0.29) is 45.0 Å². The van der Waals surface area contributed by atoms with Crippen LogP contribution in [-0.4, -0.2) is 61.0 Å². The lowest BCUT2D eigenvalue weighted by Gasteiger charge is -2.23. The number of halogens is 5. The minimum absolute atomic E-state index is 0.00197. The summed E-state index contributed by atoms with van der Waals surface area (Å²) in [6, 6.07) is 15.3. The molecule has 0 saturated carbocycles. The van der Waals surface area contributed by atoms with Gasteiger partial charge in [-0.1, -0.05) is 41.4 Å². The van der Waals surface area contributed by atoms with E-state index in [1.807, 2.05) is 0 Å². The van der Waals surface area contributed by atoms with Crippen LogP contribution in [0.25, 0.3) is 0 Å². The predicted octanol–water partition coefficient (Wildman–Crippen LogP) is 7.43. The summed E-state index contributed by atoms with van der Waals surface area (Å²) in [4.78, 5) is 25.8. The molecule has 0 spiro atoms. The Bertz CT molecular complexity index is 1340. The van der Waals surface area contributed by atoms with E-state index in [1.165, 1.54) is 17.0 Å². The number of nitrogens with zero attached hydrogens (tertiary/aromatic N) is 1. The first kappa shape index (κ1) is 33.8. The molecule has 13 heteroatoms. The second-order valence-electron chi connectivity index (χ2n) is 9.28. The van der Waals surface area contributed by atoms with Crippen LogP contribution in [-0.2, 0) is 22.1 Å². The van der Waals surface area contributed by atoms with Crippen molar-refractivity contribution >= 4 is 40.9 Å². The van der Waals surface area contributed by atoms with Gasteiger partial charge in [0, 0.05) is 35.3 Å². The molecule has 0 aliphatic carbocycles. The highest BCUT2D eigenvalue weighted by atomic mass is 35.5. The SMILES string of the molecule is CCOC(Cc1ccc(OCCN(CCCOc2cc(Cl)cc(Cl)c2)C(=O)Nc2cccc(C(F)(F)F)c2)cc1)C(=O)O. The van der Waals surface area contributed by atoms with Crippen LogP contribution >= 0.6 is 23.2 Å². The number of carbonyl (C=O) groups is 2. The maximum absolute atomic E-state index is 13.1. The third-order valence-electron chi connectivity index (χ3n) is 6.02. The smallest absolute Gasteiger partial charge is 0.416 e. The monoisotopic (exact) mass is 642 g/mol. The summed E-state index contributed by atoms with van der Waals surface area (Å²) in [6.45, 7) is 2.61. The zero-order chi connectivity index (χ0) is 31.4. The number of carboxylic acids is 1. The normalized spacial score (nSPS) is 12.0. The van der Waals surface area contributed by atoms with E-state index < -0.39 is 29.8 Å². The van der Waals surface area contributed by atoms with Crippen molar-refractivity contribution in [2.24, 2.45) is 0 Å². The molecule has 3 rings (SSSR count). The van der Waals surface area contributed by atoms with Crippen molar-refractivity contribution in [3.05, 3.63) is 87.9 Å². The lowest BCUT2D eigenvalue weighted by atomic mass is 10.1. The number of anilines is 1. The minimum atomic E-state index is -4.55. The first-order chi connectivity index (χ1) is 20.4. The number of rotatable bonds is 15. The van der Waals surface area contributed by atoms with E-state index in [0.717, 1.165) is 17.7 Å². The average Bonchev–Trinajstić information content (AvgIpc) is 2.94. The molecule has 0 fully saturated rings. The van der Waals surface area contributed by atoms with Gasteiger partial charge in [0.1, 0.15) is 18.1 Å². The number of hydrogen-bond acceptors (Lipinski definition) is 5. The highest BCUT2D eigenvalue weighted by Gasteiger charge is 2.30. The Morgan fingerprint density at radius 3 is 2.23 bits per heavy atom. The van der Waals surface area contributed by atoms with Crippen molar-refractivity contribution in [2.75, 3.05) is 38.2 Å². The Hall–Kier alpha value is -3.67. The third-order valence-corrected chi connectivity index (χ3v) is 6.46. The molecule has 0 saturated heterocycles. The van der Waals surface area contributed by atoms with Gasteiger partial charge in [0.05, 0.1) is 18.7 Å². The van der Waals surface area contributed by atoms with Gasteiger partial charge in [-0.25, -0.2) is 9.59 Å². The molecule has 3 aromatic carbocycles. The fourth-order valence-corrected chi connectivity index (χ4v) is 4.48. The first-order valence-corrected chi connectivity index (χ1v) is 14.1. The van der Waals surface area contributed by atoms with Gasteiger partial charge in [-0.2, -0.15) is 13.2 Å². The summed E-state index contributed by atoms with van der Waals surface area (Å²) in [5, 5.41) is 12.6. The number of carboxylic acid groups (broad SMARTS) is 1. The molecule has 1 unspecified atom stereocenters. The molecule has 2 N–H and O–H groups in total. The Labute approximate surface area is 257 Å². The van der Waals surface area contributed by atoms with E-state index in [0.29, 0.717) is 28.0 Å². The van der Waals surface area contributed by atoms with E-state index in [2.05, 4.69) is 5.32 Å². The summed E-state index contributed by atoms with van der Waals surface area (Å²) >= 11 is 12.0. The van der Waals surface area contributed by atoms with Crippen LogP contribution in [0.3, 0.4) is 0 Å². The molecule has 0 radical (unpaired) electrons. The molecular weight excluding hydrogens is 612 g/mol. The summed E-state index contributed by atoms with van der Waals surface area (Å²) < 4.78 is 56.1. The summed E-state index contributed by atoms with van der Waals surface area (Å²) in [5.41, 5.74) is -0.137. The number of hydrogen-bond donors (Lipinski definition) is 2. The van der Waals surface area contributed by atoms with Crippen molar-refractivity contribution in [1.82, 2.24) is 4.90 Å². The lowest BCUT2D eigenvalue weighted by molar-refractivity contribution is -0.150. The van der Waals surface area contributed by atoms with Crippen molar-refractivity contribution in [3.63, 3.8) is 0 Å². The topological polar surface area (TPSA) is 97.3 Å². The van der Waals surface area contributed by atoms with Crippen molar-refractivity contribution in [3.8, 4) is 11.5 Å². The fraction of sp³-hybridized carbons (Fsp3) is 0.333. The van der Waals surface area contributed by atoms with Crippen LogP contribution in [0.2, 0.25) is 10.0 Å². The number of aliphatic carboxylic acids is 1. The zero-order valence-electron chi connectivity index (χ0n) is 23.2. The molecular formula is C30H31Cl2F3N2O6. The van der Waals surface area contributed by atoms with Gasteiger partial charge in [0.15, 0.2) is 6.10 Å². The molecule has 3 aromatic rings. The summed E-state index contributed by atoms with van der Waals surface area (Å²) in [6.07, 6.45) is -4.93. The molecule has 8 nitrogen and oxygen atoms in total. The quantitative estimate of drug-likeness (QED) is 0.167. The first-order valence-electron chi connectivity index (χ1n) is 13.3. The lowest BCUT2D eigenvalue weighted by Crippen LogP contribution is -2.39. The Balaban J connectivity index is 1.61. The number of urea groups is 1. The van der Waals surface area contributed by atoms with Gasteiger partial charge < -0.3 is 29.5 Å². The summed E-state index contributed by atoms with van der Waals surface area (Å²) in [7, 11) is 0. The highest BCUT2D eigenvalue weighted by molar-refractivity contribution is 6.34.